The van der Waals surface area contributed by atoms with Crippen LogP contribution in [0.5, 0.6) is 0 Å². The first-order chi connectivity index (χ1) is 16.3. The fourth-order valence-electron chi connectivity index (χ4n) is 4.94. The molecule has 0 spiro atoms. The first-order valence-corrected chi connectivity index (χ1v) is 11.8. The van der Waals surface area contributed by atoms with E-state index in [1.807, 2.05) is 0 Å². The maximum Gasteiger partial charge on any atom is 0.416 e. The fourth-order valence-corrected chi connectivity index (χ4v) is 4.94. The lowest BCUT2D eigenvalue weighted by Crippen LogP contribution is -2.51. The molecule has 1 aliphatic carbocycles. The standard InChI is InChI=1S/C24H26F3N5O2/c25-24(26,27)20-5-3-16(4-6-20)18-11-19(22-29-21(30-34-22)17-1-2-17)14-32(13-18)23(33)31-9-7-15(12-28)8-10-31/h3-6,15,17-19H,1-2,7-11,13-14H2. The largest absolute Gasteiger partial charge is 0.416 e. The number of hydrogen-bond acceptors (Lipinski definition) is 5. The van der Waals surface area contributed by atoms with Gasteiger partial charge in [0.15, 0.2) is 5.82 Å². The van der Waals surface area contributed by atoms with Crippen LogP contribution < -0.4 is 0 Å². The number of aromatic nitrogens is 2. The van der Waals surface area contributed by atoms with Crippen molar-refractivity contribution in [3.63, 3.8) is 0 Å². The highest BCUT2D eigenvalue weighted by Gasteiger charge is 2.38. The van der Waals surface area contributed by atoms with Gasteiger partial charge in [-0.05, 0) is 49.8 Å². The second-order valence-corrected chi connectivity index (χ2v) is 9.59. The molecule has 10 heteroatoms. The molecule has 2 atom stereocenters. The van der Waals surface area contributed by atoms with Gasteiger partial charge in [0.05, 0.1) is 17.6 Å². The lowest BCUT2D eigenvalue weighted by atomic mass is 9.84. The minimum atomic E-state index is -4.39. The Balaban J connectivity index is 1.37. The van der Waals surface area contributed by atoms with E-state index < -0.39 is 11.7 Å². The molecule has 3 aliphatic rings. The summed E-state index contributed by atoms with van der Waals surface area (Å²) in [6.45, 7) is 1.87. The molecule has 2 aliphatic heterocycles. The van der Waals surface area contributed by atoms with Crippen LogP contribution in [0.3, 0.4) is 0 Å². The summed E-state index contributed by atoms with van der Waals surface area (Å²) in [5.74, 6) is 1.14. The first kappa shape index (κ1) is 22.7. The van der Waals surface area contributed by atoms with E-state index in [2.05, 4.69) is 16.2 Å². The summed E-state index contributed by atoms with van der Waals surface area (Å²) in [6, 6.07) is 7.35. The van der Waals surface area contributed by atoms with Gasteiger partial charge in [-0.15, -0.1) is 0 Å². The minimum Gasteiger partial charge on any atom is -0.339 e. The molecule has 180 valence electrons. The number of alkyl halides is 3. The van der Waals surface area contributed by atoms with Crippen molar-refractivity contribution in [2.75, 3.05) is 26.2 Å². The highest BCUT2D eigenvalue weighted by Crippen LogP contribution is 2.41. The zero-order chi connectivity index (χ0) is 23.9. The summed E-state index contributed by atoms with van der Waals surface area (Å²) in [5.41, 5.74) is 0.0588. The molecule has 2 unspecified atom stereocenters. The van der Waals surface area contributed by atoms with Crippen LogP contribution in [0.4, 0.5) is 18.0 Å². The molecule has 1 saturated carbocycles. The van der Waals surface area contributed by atoms with Crippen LogP contribution >= 0.6 is 0 Å². The Morgan fingerprint density at radius 3 is 2.29 bits per heavy atom. The number of amides is 2. The summed E-state index contributed by atoms with van der Waals surface area (Å²) < 4.78 is 44.7. The lowest BCUT2D eigenvalue weighted by molar-refractivity contribution is -0.137. The molecule has 1 aromatic heterocycles. The molecule has 7 nitrogen and oxygen atoms in total. The van der Waals surface area contributed by atoms with Gasteiger partial charge in [0.1, 0.15) is 0 Å². The predicted octanol–water partition coefficient (Wildman–Crippen LogP) is 4.89. The molecule has 2 aromatic rings. The number of rotatable bonds is 3. The number of likely N-dealkylation sites (tertiary alicyclic amines) is 2. The third kappa shape index (κ3) is 4.74. The number of nitrogens with zero attached hydrogens (tertiary/aromatic N) is 5. The van der Waals surface area contributed by atoms with Crippen molar-refractivity contribution in [2.24, 2.45) is 5.92 Å². The van der Waals surface area contributed by atoms with E-state index in [4.69, 9.17) is 9.78 Å². The van der Waals surface area contributed by atoms with E-state index in [0.717, 1.165) is 30.5 Å². The summed E-state index contributed by atoms with van der Waals surface area (Å²) in [6.07, 6.45) is -0.402. The minimum absolute atomic E-state index is 0.0303. The van der Waals surface area contributed by atoms with Crippen LogP contribution in [0.2, 0.25) is 0 Å². The van der Waals surface area contributed by atoms with Crippen LogP contribution in [-0.4, -0.2) is 52.2 Å². The molecule has 3 fully saturated rings. The van der Waals surface area contributed by atoms with Crippen molar-refractivity contribution in [1.29, 1.82) is 5.26 Å². The van der Waals surface area contributed by atoms with Crippen LogP contribution in [-0.2, 0) is 6.18 Å². The fraction of sp³-hybridized carbons (Fsp3) is 0.583. The number of carbonyl (C=O) groups is 1. The second-order valence-electron chi connectivity index (χ2n) is 9.59. The van der Waals surface area contributed by atoms with E-state index in [0.29, 0.717) is 63.1 Å². The van der Waals surface area contributed by atoms with E-state index in [-0.39, 0.29) is 23.8 Å². The highest BCUT2D eigenvalue weighted by atomic mass is 19.4. The Kier molecular flexibility index (Phi) is 5.96. The van der Waals surface area contributed by atoms with Gasteiger partial charge in [0.25, 0.3) is 0 Å². The Bertz CT molecular complexity index is 1070. The quantitative estimate of drug-likeness (QED) is 0.633. The van der Waals surface area contributed by atoms with Crippen LogP contribution in [0, 0.1) is 17.2 Å². The summed E-state index contributed by atoms with van der Waals surface area (Å²) >= 11 is 0. The maximum atomic E-state index is 13.4. The van der Waals surface area contributed by atoms with Crippen molar-refractivity contribution >= 4 is 6.03 Å². The SMILES string of the molecule is N#CC1CCN(C(=O)N2CC(c3ccc(C(F)(F)F)cc3)CC(c3nc(C4CC4)no3)C2)CC1. The Hall–Kier alpha value is -3.09. The van der Waals surface area contributed by atoms with Gasteiger partial charge in [-0.3, -0.25) is 0 Å². The predicted molar refractivity (Wildman–Crippen MR) is 115 cm³/mol. The van der Waals surface area contributed by atoms with E-state index in [1.54, 1.807) is 9.80 Å². The van der Waals surface area contributed by atoms with E-state index >= 15 is 0 Å². The molecule has 1 aromatic carbocycles. The van der Waals surface area contributed by atoms with Crippen LogP contribution in [0.25, 0.3) is 0 Å². The van der Waals surface area contributed by atoms with E-state index in [1.165, 1.54) is 12.1 Å². The average Bonchev–Trinajstić information content (AvgIpc) is 3.59. The molecule has 3 heterocycles. The summed E-state index contributed by atoms with van der Waals surface area (Å²) in [4.78, 5) is 21.5. The number of urea groups is 1. The Morgan fingerprint density at radius 1 is 1.00 bits per heavy atom. The van der Waals surface area contributed by atoms with Crippen molar-refractivity contribution < 1.29 is 22.5 Å². The average molecular weight is 473 g/mol. The highest BCUT2D eigenvalue weighted by molar-refractivity contribution is 5.75. The Morgan fingerprint density at radius 2 is 1.68 bits per heavy atom. The van der Waals surface area contributed by atoms with Gasteiger partial charge in [-0.25, -0.2) is 4.79 Å². The van der Waals surface area contributed by atoms with Crippen molar-refractivity contribution in [1.82, 2.24) is 19.9 Å². The molecule has 34 heavy (non-hydrogen) atoms. The molecule has 0 N–H and O–H groups in total. The number of benzene rings is 1. The number of nitriles is 1. The number of hydrogen-bond donors (Lipinski definition) is 0. The third-order valence-electron chi connectivity index (χ3n) is 7.13. The van der Waals surface area contributed by atoms with Crippen molar-refractivity contribution in [3.8, 4) is 6.07 Å². The third-order valence-corrected chi connectivity index (χ3v) is 7.13. The van der Waals surface area contributed by atoms with Gasteiger partial charge in [0.2, 0.25) is 5.89 Å². The molecule has 5 rings (SSSR count). The maximum absolute atomic E-state index is 13.4. The van der Waals surface area contributed by atoms with Crippen molar-refractivity contribution in [3.05, 3.63) is 47.1 Å². The number of halogens is 3. The zero-order valence-electron chi connectivity index (χ0n) is 18.7. The summed E-state index contributed by atoms with van der Waals surface area (Å²) in [7, 11) is 0. The number of carbonyl (C=O) groups excluding carboxylic acids is 1. The Labute approximate surface area is 195 Å². The summed E-state index contributed by atoms with van der Waals surface area (Å²) in [5, 5.41) is 13.3. The molecule has 0 bridgehead atoms. The van der Waals surface area contributed by atoms with E-state index in [9.17, 15) is 18.0 Å². The zero-order valence-corrected chi connectivity index (χ0v) is 18.7. The molecule has 0 radical (unpaired) electrons. The molecule has 2 saturated heterocycles. The normalized spacial score (nSPS) is 24.2. The van der Waals surface area contributed by atoms with Crippen molar-refractivity contribution in [2.45, 2.75) is 56.0 Å². The van der Waals surface area contributed by atoms with Crippen LogP contribution in [0.1, 0.15) is 72.7 Å². The molecule has 2 amide bonds. The molecular formula is C24H26F3N5O2. The lowest BCUT2D eigenvalue weighted by Gasteiger charge is -2.40. The smallest absolute Gasteiger partial charge is 0.339 e. The van der Waals surface area contributed by atoms with Crippen LogP contribution in [0.15, 0.2) is 28.8 Å². The second kappa shape index (κ2) is 8.93. The molecular weight excluding hydrogens is 447 g/mol. The monoisotopic (exact) mass is 473 g/mol. The van der Waals surface area contributed by atoms with Gasteiger partial charge in [-0.1, -0.05) is 17.3 Å². The topological polar surface area (TPSA) is 86.3 Å². The number of piperidine rings is 2. The van der Waals surface area contributed by atoms with Gasteiger partial charge < -0.3 is 14.3 Å². The van der Waals surface area contributed by atoms with Gasteiger partial charge >= 0.3 is 12.2 Å². The van der Waals surface area contributed by atoms with Gasteiger partial charge in [-0.2, -0.15) is 23.4 Å². The van der Waals surface area contributed by atoms with Gasteiger partial charge in [0, 0.05) is 43.9 Å². The first-order valence-electron chi connectivity index (χ1n) is 11.8.